The van der Waals surface area contributed by atoms with Gasteiger partial charge in [-0.15, -0.1) is 0 Å². The van der Waals surface area contributed by atoms with E-state index in [1.807, 2.05) is 24.3 Å². The van der Waals surface area contributed by atoms with Crippen molar-refractivity contribution in [2.75, 3.05) is 7.05 Å². The minimum atomic E-state index is -1.11. The summed E-state index contributed by atoms with van der Waals surface area (Å²) in [5.41, 5.74) is 3.14. The summed E-state index contributed by atoms with van der Waals surface area (Å²) in [6.07, 6.45) is 1.44. The lowest BCUT2D eigenvalue weighted by Gasteiger charge is -2.35. The minimum absolute atomic E-state index is 0.102. The highest BCUT2D eigenvalue weighted by Crippen LogP contribution is 2.39. The number of ether oxygens (including phenoxy) is 1. The van der Waals surface area contributed by atoms with Crippen LogP contribution in [0, 0.1) is 11.3 Å². The highest BCUT2D eigenvalue weighted by Gasteiger charge is 2.33. The Hall–Kier alpha value is -2.96. The van der Waals surface area contributed by atoms with Gasteiger partial charge in [0, 0.05) is 18.1 Å². The van der Waals surface area contributed by atoms with Crippen LogP contribution in [0.4, 0.5) is 4.79 Å². The number of fused-ring (bicyclic) bond motifs is 2. The number of aromatic nitrogens is 1. The van der Waals surface area contributed by atoms with Crippen LogP contribution in [0.25, 0.3) is 10.9 Å². The monoisotopic (exact) mass is 411 g/mol. The Bertz CT molecular complexity index is 994. The Balaban J connectivity index is 1.98. The van der Waals surface area contributed by atoms with E-state index in [0.717, 1.165) is 41.4 Å². The first-order chi connectivity index (χ1) is 14.1. The molecule has 0 saturated carbocycles. The van der Waals surface area contributed by atoms with E-state index in [0.29, 0.717) is 11.5 Å². The van der Waals surface area contributed by atoms with E-state index in [4.69, 9.17) is 9.72 Å². The largest absolute Gasteiger partial charge is 0.449 e. The van der Waals surface area contributed by atoms with E-state index in [-0.39, 0.29) is 5.41 Å². The van der Waals surface area contributed by atoms with E-state index in [9.17, 15) is 14.4 Å². The van der Waals surface area contributed by atoms with E-state index >= 15 is 0 Å². The highest BCUT2D eigenvalue weighted by atomic mass is 16.5. The van der Waals surface area contributed by atoms with Crippen LogP contribution in [0.3, 0.4) is 0 Å². The maximum absolute atomic E-state index is 13.2. The van der Waals surface area contributed by atoms with Crippen LogP contribution in [0.2, 0.25) is 0 Å². The second kappa shape index (κ2) is 8.42. The molecule has 1 aliphatic rings. The number of esters is 1. The van der Waals surface area contributed by atoms with Crippen molar-refractivity contribution >= 4 is 28.8 Å². The topological polar surface area (TPSA) is 97.4 Å². The van der Waals surface area contributed by atoms with Gasteiger partial charge >= 0.3 is 12.0 Å². The van der Waals surface area contributed by atoms with Crippen molar-refractivity contribution < 1.29 is 19.1 Å². The molecular formula is C23H29N3O4. The summed E-state index contributed by atoms with van der Waals surface area (Å²) in [4.78, 5) is 41.6. The minimum Gasteiger partial charge on any atom is -0.449 e. The number of aryl methyl sites for hydroxylation is 1. The van der Waals surface area contributed by atoms with Gasteiger partial charge in [-0.1, -0.05) is 39.0 Å². The maximum Gasteiger partial charge on any atom is 0.339 e. The molecule has 7 heteroatoms. The lowest BCUT2D eigenvalue weighted by atomic mass is 9.70. The molecule has 1 heterocycles. The van der Waals surface area contributed by atoms with Gasteiger partial charge in [0.1, 0.15) is 0 Å². The van der Waals surface area contributed by atoms with E-state index < -0.39 is 24.0 Å². The summed E-state index contributed by atoms with van der Waals surface area (Å²) < 4.78 is 5.48. The van der Waals surface area contributed by atoms with Crippen molar-refractivity contribution in [3.05, 3.63) is 41.1 Å². The van der Waals surface area contributed by atoms with E-state index in [1.54, 1.807) is 0 Å². The normalized spacial score (nSPS) is 17.0. The smallest absolute Gasteiger partial charge is 0.339 e. The van der Waals surface area contributed by atoms with Gasteiger partial charge < -0.3 is 10.1 Å². The van der Waals surface area contributed by atoms with Gasteiger partial charge in [-0.25, -0.2) is 9.59 Å². The second-order valence-electron chi connectivity index (χ2n) is 8.85. The quantitative estimate of drug-likeness (QED) is 0.755. The lowest BCUT2D eigenvalue weighted by molar-refractivity contribution is -0.127. The molecule has 2 aromatic rings. The first kappa shape index (κ1) is 21.7. The summed E-state index contributed by atoms with van der Waals surface area (Å²) in [5.74, 6) is -0.838. The molecule has 2 atom stereocenters. The van der Waals surface area contributed by atoms with Crippen molar-refractivity contribution in [1.29, 1.82) is 0 Å². The first-order valence-corrected chi connectivity index (χ1v) is 10.3. The number of hydrogen-bond donors (Lipinski definition) is 2. The number of hydrogen-bond acceptors (Lipinski definition) is 5. The number of nitrogens with zero attached hydrogens (tertiary/aromatic N) is 1. The fourth-order valence-corrected chi connectivity index (χ4v) is 3.91. The third-order valence-electron chi connectivity index (χ3n) is 5.80. The van der Waals surface area contributed by atoms with Gasteiger partial charge in [-0.2, -0.15) is 0 Å². The Morgan fingerprint density at radius 3 is 2.57 bits per heavy atom. The summed E-state index contributed by atoms with van der Waals surface area (Å²) in [6.45, 7) is 8.07. The van der Waals surface area contributed by atoms with Crippen LogP contribution in [-0.4, -0.2) is 36.0 Å². The van der Waals surface area contributed by atoms with Crippen LogP contribution < -0.4 is 10.6 Å². The molecular weight excluding hydrogens is 382 g/mol. The van der Waals surface area contributed by atoms with E-state index in [2.05, 4.69) is 31.4 Å². The molecule has 1 aliphatic carbocycles. The summed E-state index contributed by atoms with van der Waals surface area (Å²) in [6, 6.07) is 6.83. The molecule has 0 saturated heterocycles. The van der Waals surface area contributed by atoms with E-state index in [1.165, 1.54) is 14.0 Å². The summed E-state index contributed by atoms with van der Waals surface area (Å²) in [7, 11) is 1.40. The number of nitrogens with one attached hydrogen (secondary N) is 2. The maximum atomic E-state index is 13.2. The van der Waals surface area contributed by atoms with Crippen LogP contribution in [0.1, 0.15) is 55.7 Å². The third-order valence-corrected chi connectivity index (χ3v) is 5.80. The molecule has 0 fully saturated rings. The second-order valence-corrected chi connectivity index (χ2v) is 8.85. The number of amides is 3. The van der Waals surface area contributed by atoms with Crippen molar-refractivity contribution in [3.8, 4) is 0 Å². The molecule has 3 rings (SSSR count). The Kier molecular flexibility index (Phi) is 6.10. The zero-order chi connectivity index (χ0) is 22.1. The molecule has 7 nitrogen and oxygen atoms in total. The Morgan fingerprint density at radius 1 is 1.20 bits per heavy atom. The van der Waals surface area contributed by atoms with Gasteiger partial charge in [-0.3, -0.25) is 15.1 Å². The fraction of sp³-hybridized carbons (Fsp3) is 0.478. The van der Waals surface area contributed by atoms with Gasteiger partial charge in [0.15, 0.2) is 6.10 Å². The molecule has 0 bridgehead atoms. The zero-order valence-electron chi connectivity index (χ0n) is 18.2. The fourth-order valence-electron chi connectivity index (χ4n) is 3.91. The number of carbonyl (C=O) groups is 3. The predicted molar refractivity (Wildman–Crippen MR) is 114 cm³/mol. The Labute approximate surface area is 176 Å². The molecule has 160 valence electrons. The predicted octanol–water partition coefficient (Wildman–Crippen LogP) is 3.39. The average Bonchev–Trinajstić information content (AvgIpc) is 2.70. The van der Waals surface area contributed by atoms with Crippen molar-refractivity contribution in [2.24, 2.45) is 11.3 Å². The van der Waals surface area contributed by atoms with Gasteiger partial charge in [0.2, 0.25) is 0 Å². The highest BCUT2D eigenvalue weighted by molar-refractivity contribution is 6.06. The average molecular weight is 412 g/mol. The first-order valence-electron chi connectivity index (χ1n) is 10.3. The zero-order valence-corrected chi connectivity index (χ0v) is 18.2. The van der Waals surface area contributed by atoms with Gasteiger partial charge in [-0.05, 0) is 49.1 Å². The summed E-state index contributed by atoms with van der Waals surface area (Å²) in [5, 5.41) is 5.15. The molecule has 2 N–H and O–H groups in total. The third kappa shape index (κ3) is 4.45. The number of rotatable bonds is 3. The molecule has 1 aromatic carbocycles. The van der Waals surface area contributed by atoms with Crippen LogP contribution in [0.15, 0.2) is 24.3 Å². The molecule has 0 aliphatic heterocycles. The number of carbonyl (C=O) groups excluding carboxylic acids is 3. The number of benzene rings is 1. The molecule has 0 spiro atoms. The van der Waals surface area contributed by atoms with Gasteiger partial charge in [0.25, 0.3) is 5.91 Å². The number of urea groups is 1. The van der Waals surface area contributed by atoms with Crippen molar-refractivity contribution in [1.82, 2.24) is 15.6 Å². The number of imide groups is 1. The Morgan fingerprint density at radius 2 is 1.90 bits per heavy atom. The molecule has 3 amide bonds. The molecule has 1 aromatic heterocycles. The van der Waals surface area contributed by atoms with Crippen molar-refractivity contribution in [2.45, 2.75) is 53.1 Å². The van der Waals surface area contributed by atoms with Crippen LogP contribution in [-0.2, 0) is 22.4 Å². The SMILES string of the molecule is CNC(=O)NC(=O)[C@@H](C)OC(=O)c1c2c(nc3ccccc13)CC[C@@H](C(C)(C)C)C2. The number of para-hydroxylation sites is 1. The summed E-state index contributed by atoms with van der Waals surface area (Å²) >= 11 is 0. The lowest BCUT2D eigenvalue weighted by Crippen LogP contribution is -2.43. The van der Waals surface area contributed by atoms with Crippen LogP contribution >= 0.6 is 0 Å². The van der Waals surface area contributed by atoms with Gasteiger partial charge in [0.05, 0.1) is 11.1 Å². The molecule has 30 heavy (non-hydrogen) atoms. The number of pyridine rings is 1. The van der Waals surface area contributed by atoms with Crippen LogP contribution in [0.5, 0.6) is 0 Å². The molecule has 0 unspecified atom stereocenters. The van der Waals surface area contributed by atoms with Crippen molar-refractivity contribution in [3.63, 3.8) is 0 Å². The molecule has 0 radical (unpaired) electrons. The standard InChI is InChI=1S/C23H29N3O4/c1-13(20(27)26-22(29)24-5)30-21(28)19-15-8-6-7-9-17(15)25-18-11-10-14(12-16(18)19)23(2,3)4/h6-9,13-14H,10-12H2,1-5H3,(H2,24,26,27,29)/t13-,14-/m1/s1.